The number of nitrogens with one attached hydrogen (secondary N) is 1. The van der Waals surface area contributed by atoms with Gasteiger partial charge in [0.15, 0.2) is 5.67 Å². The number of benzene rings is 2. The first-order chi connectivity index (χ1) is 19.1. The summed E-state index contributed by atoms with van der Waals surface area (Å²) in [5.41, 5.74) is 12.0. The molecule has 2 aliphatic rings. The monoisotopic (exact) mass is 552 g/mol. The Hall–Kier alpha value is -4.48. The van der Waals surface area contributed by atoms with Crippen molar-refractivity contribution in [1.29, 1.82) is 0 Å². The molecule has 5 N–H and O–H groups in total. The van der Waals surface area contributed by atoms with Gasteiger partial charge in [-0.2, -0.15) is 5.10 Å². The number of primary amides is 1. The van der Waals surface area contributed by atoms with Gasteiger partial charge in [-0.05, 0) is 48.9 Å². The predicted molar refractivity (Wildman–Crippen MR) is 142 cm³/mol. The number of likely N-dealkylation sites (tertiary alicyclic amines) is 1. The molecule has 5 rings (SSSR count). The number of nitrogen functional groups attached to an aromatic ring is 1. The Kier molecular flexibility index (Phi) is 7.17. The molecule has 0 unspecified atom stereocenters. The number of carbonyl (C=O) groups excluding carboxylic acids is 3. The maximum atomic E-state index is 14.2. The maximum absolute atomic E-state index is 14.2. The van der Waals surface area contributed by atoms with Crippen molar-refractivity contribution >= 4 is 23.5 Å². The average Bonchev–Trinajstić information content (AvgIpc) is 3.37. The molecule has 1 aliphatic heterocycles. The number of aromatic nitrogens is 2. The van der Waals surface area contributed by atoms with E-state index in [1.165, 1.54) is 23.9 Å². The van der Waals surface area contributed by atoms with Crippen LogP contribution in [-0.4, -0.2) is 58.3 Å². The fraction of sp³-hybridized carbons (Fsp3) is 0.357. The van der Waals surface area contributed by atoms with Gasteiger partial charge in [0.1, 0.15) is 28.6 Å². The van der Waals surface area contributed by atoms with Crippen LogP contribution in [0.2, 0.25) is 0 Å². The lowest BCUT2D eigenvalue weighted by atomic mass is 10.0. The third kappa shape index (κ3) is 5.33. The zero-order chi connectivity index (χ0) is 28.6. The standard InChI is InChI=1S/C28H30F2N6O4/c1-40-21-7-6-19(29)12-20(21)26(38)33-13-16-2-4-18(5-3-16)23-22(25(32)37)24(31)36(34-23)15-17-8-11-35(14-17)27(39)28(30)9-10-28/h2-7,12,17H,8-11,13-15,31H2,1H3,(H2,32,37)(H,33,38)/t17-/m1/s1. The van der Waals surface area contributed by atoms with Gasteiger partial charge < -0.3 is 26.4 Å². The summed E-state index contributed by atoms with van der Waals surface area (Å²) in [5.74, 6) is -1.84. The van der Waals surface area contributed by atoms with Crippen LogP contribution in [0.3, 0.4) is 0 Å². The van der Waals surface area contributed by atoms with Crippen LogP contribution in [0.5, 0.6) is 5.75 Å². The van der Waals surface area contributed by atoms with Crippen molar-refractivity contribution in [2.24, 2.45) is 11.7 Å². The maximum Gasteiger partial charge on any atom is 0.260 e. The molecular formula is C28H30F2N6O4. The highest BCUT2D eigenvalue weighted by Crippen LogP contribution is 2.42. The minimum absolute atomic E-state index is 0.00442. The van der Waals surface area contributed by atoms with Gasteiger partial charge in [-0.25, -0.2) is 13.5 Å². The Morgan fingerprint density at radius 2 is 1.90 bits per heavy atom. The summed E-state index contributed by atoms with van der Waals surface area (Å²) < 4.78 is 34.5. The van der Waals surface area contributed by atoms with Crippen molar-refractivity contribution in [2.75, 3.05) is 25.9 Å². The van der Waals surface area contributed by atoms with Crippen molar-refractivity contribution in [1.82, 2.24) is 20.0 Å². The second-order valence-electron chi connectivity index (χ2n) is 10.3. The van der Waals surface area contributed by atoms with Crippen LogP contribution in [0.15, 0.2) is 42.5 Å². The van der Waals surface area contributed by atoms with Crippen molar-refractivity contribution in [3.05, 3.63) is 65.0 Å². The van der Waals surface area contributed by atoms with Gasteiger partial charge in [-0.3, -0.25) is 14.4 Å². The molecule has 3 amide bonds. The van der Waals surface area contributed by atoms with Crippen LogP contribution in [-0.2, 0) is 17.9 Å². The van der Waals surface area contributed by atoms with Gasteiger partial charge in [-0.1, -0.05) is 24.3 Å². The van der Waals surface area contributed by atoms with Crippen LogP contribution in [0.25, 0.3) is 11.3 Å². The third-order valence-electron chi connectivity index (χ3n) is 7.40. The number of amides is 3. The van der Waals surface area contributed by atoms with E-state index in [-0.39, 0.29) is 48.0 Å². The topological polar surface area (TPSA) is 146 Å². The number of nitrogens with zero attached hydrogens (tertiary/aromatic N) is 3. The van der Waals surface area contributed by atoms with Crippen molar-refractivity contribution in [2.45, 2.75) is 38.0 Å². The van der Waals surface area contributed by atoms with Crippen molar-refractivity contribution in [3.8, 4) is 17.0 Å². The largest absolute Gasteiger partial charge is 0.496 e. The number of hydrogen-bond donors (Lipinski definition) is 3. The zero-order valence-corrected chi connectivity index (χ0v) is 22.0. The van der Waals surface area contributed by atoms with Gasteiger partial charge in [0.05, 0.1) is 12.7 Å². The van der Waals surface area contributed by atoms with E-state index in [2.05, 4.69) is 10.4 Å². The SMILES string of the molecule is COc1ccc(F)cc1C(=O)NCc1ccc(-c2nn(C[C@@H]3CCN(C(=O)C4(F)CC4)C3)c(N)c2C(N)=O)cc1. The van der Waals surface area contributed by atoms with Crippen molar-refractivity contribution < 1.29 is 27.9 Å². The highest BCUT2D eigenvalue weighted by Gasteiger charge is 2.53. The molecule has 0 radical (unpaired) electrons. The molecule has 12 heteroatoms. The lowest BCUT2D eigenvalue weighted by molar-refractivity contribution is -0.137. The number of ether oxygens (including phenoxy) is 1. The summed E-state index contributed by atoms with van der Waals surface area (Å²) in [5, 5.41) is 7.29. The first kappa shape index (κ1) is 27.1. The Labute approximate surface area is 229 Å². The number of anilines is 1. The molecule has 1 aliphatic carbocycles. The smallest absolute Gasteiger partial charge is 0.260 e. The van der Waals surface area contributed by atoms with E-state index in [1.54, 1.807) is 29.2 Å². The molecule has 0 spiro atoms. The van der Waals surface area contributed by atoms with E-state index in [0.29, 0.717) is 37.3 Å². The van der Waals surface area contributed by atoms with E-state index >= 15 is 0 Å². The number of halogens is 2. The summed E-state index contributed by atoms with van der Waals surface area (Å²) in [7, 11) is 1.40. The van der Waals surface area contributed by atoms with E-state index < -0.39 is 29.2 Å². The second-order valence-corrected chi connectivity index (χ2v) is 10.3. The Bertz CT molecular complexity index is 1470. The van der Waals surface area contributed by atoms with Crippen molar-refractivity contribution in [3.63, 3.8) is 0 Å². The minimum Gasteiger partial charge on any atom is -0.496 e. The number of alkyl halides is 1. The van der Waals surface area contributed by atoms with Crippen LogP contribution in [0.4, 0.5) is 14.6 Å². The molecule has 40 heavy (non-hydrogen) atoms. The lowest BCUT2D eigenvalue weighted by Gasteiger charge is -2.18. The third-order valence-corrected chi connectivity index (χ3v) is 7.40. The molecular weight excluding hydrogens is 522 g/mol. The van der Waals surface area contributed by atoms with Gasteiger partial charge in [0.2, 0.25) is 0 Å². The molecule has 0 bridgehead atoms. The quantitative estimate of drug-likeness (QED) is 0.372. The molecule has 10 nitrogen and oxygen atoms in total. The number of nitrogens with two attached hydrogens (primary N) is 2. The molecule has 1 saturated carbocycles. The van der Waals surface area contributed by atoms with Crippen LogP contribution >= 0.6 is 0 Å². The normalized spacial score (nSPS) is 17.5. The predicted octanol–water partition coefficient (Wildman–Crippen LogP) is 2.66. The average molecular weight is 553 g/mol. The summed E-state index contributed by atoms with van der Waals surface area (Å²) in [6, 6.07) is 10.7. The van der Waals surface area contributed by atoms with E-state index in [4.69, 9.17) is 16.2 Å². The Morgan fingerprint density at radius 1 is 1.18 bits per heavy atom. The number of carbonyl (C=O) groups is 3. The molecule has 2 aromatic carbocycles. The van der Waals surface area contributed by atoms with Crippen LogP contribution in [0, 0.1) is 11.7 Å². The van der Waals surface area contributed by atoms with Gasteiger partial charge in [-0.15, -0.1) is 0 Å². The summed E-state index contributed by atoms with van der Waals surface area (Å²) >= 11 is 0. The molecule has 1 atom stereocenters. The molecule has 2 fully saturated rings. The van der Waals surface area contributed by atoms with E-state index in [0.717, 1.165) is 11.6 Å². The van der Waals surface area contributed by atoms with E-state index in [9.17, 15) is 23.2 Å². The number of rotatable bonds is 9. The Balaban J connectivity index is 1.27. The highest BCUT2D eigenvalue weighted by molar-refractivity contribution is 6.03. The lowest BCUT2D eigenvalue weighted by Crippen LogP contribution is -2.37. The molecule has 3 aromatic rings. The van der Waals surface area contributed by atoms with Crippen LogP contribution in [0.1, 0.15) is 45.5 Å². The van der Waals surface area contributed by atoms with Gasteiger partial charge in [0.25, 0.3) is 17.7 Å². The molecule has 1 saturated heterocycles. The summed E-state index contributed by atoms with van der Waals surface area (Å²) in [6.07, 6.45) is 1.22. The number of hydrogen-bond acceptors (Lipinski definition) is 6. The second kappa shape index (κ2) is 10.6. The van der Waals surface area contributed by atoms with Gasteiger partial charge >= 0.3 is 0 Å². The molecule has 210 valence electrons. The van der Waals surface area contributed by atoms with Crippen LogP contribution < -0.4 is 21.5 Å². The Morgan fingerprint density at radius 3 is 2.55 bits per heavy atom. The fourth-order valence-corrected chi connectivity index (χ4v) is 4.99. The molecule has 2 heterocycles. The first-order valence-electron chi connectivity index (χ1n) is 12.9. The summed E-state index contributed by atoms with van der Waals surface area (Å²) in [4.78, 5) is 38.8. The van der Waals surface area contributed by atoms with Gasteiger partial charge in [0, 0.05) is 31.7 Å². The zero-order valence-electron chi connectivity index (χ0n) is 22.0. The number of methoxy groups -OCH3 is 1. The minimum atomic E-state index is -1.70. The fourth-order valence-electron chi connectivity index (χ4n) is 4.99. The summed E-state index contributed by atoms with van der Waals surface area (Å²) in [6.45, 7) is 1.38. The highest BCUT2D eigenvalue weighted by atomic mass is 19.1. The first-order valence-corrected chi connectivity index (χ1v) is 12.9. The van der Waals surface area contributed by atoms with E-state index in [1.807, 2.05) is 0 Å². The molecule has 1 aromatic heterocycles.